The highest BCUT2D eigenvalue weighted by Crippen LogP contribution is 2.13. The molecular formula is C22H41N2O2+. The van der Waals surface area contributed by atoms with Crippen molar-refractivity contribution in [3.05, 3.63) is 17.7 Å². The minimum Gasteiger partial charge on any atom is -0.475 e. The van der Waals surface area contributed by atoms with Crippen molar-refractivity contribution < 1.29 is 14.5 Å². The van der Waals surface area contributed by atoms with Gasteiger partial charge in [0.25, 0.3) is 11.5 Å². The lowest BCUT2D eigenvalue weighted by molar-refractivity contribution is -0.680. The molecule has 1 aromatic heterocycles. The normalized spacial score (nSPS) is 11.2. The van der Waals surface area contributed by atoms with Crippen molar-refractivity contribution in [1.82, 2.24) is 4.98 Å². The first-order valence-electron chi connectivity index (χ1n) is 11.0. The van der Waals surface area contributed by atoms with Gasteiger partial charge in [0.1, 0.15) is 6.20 Å². The number of nitrogens with zero attached hydrogens (tertiary/aromatic N) is 1. The smallest absolute Gasteiger partial charge is 0.379 e. The predicted octanol–water partition coefficient (Wildman–Crippen LogP) is 5.95. The Labute approximate surface area is 160 Å². The van der Waals surface area contributed by atoms with E-state index in [1.807, 2.05) is 7.05 Å². The van der Waals surface area contributed by atoms with Crippen LogP contribution in [0.25, 0.3) is 0 Å². The minimum absolute atomic E-state index is 0.334. The molecule has 26 heavy (non-hydrogen) atoms. The van der Waals surface area contributed by atoms with E-state index in [9.17, 15) is 4.79 Å². The summed E-state index contributed by atoms with van der Waals surface area (Å²) < 4.78 is 1.76. The van der Waals surface area contributed by atoms with Gasteiger partial charge in [0.2, 0.25) is 0 Å². The first-order valence-corrected chi connectivity index (χ1v) is 11.0. The van der Waals surface area contributed by atoms with Gasteiger partial charge in [0, 0.05) is 6.42 Å². The van der Waals surface area contributed by atoms with Gasteiger partial charge in [0.15, 0.2) is 0 Å². The third kappa shape index (κ3) is 9.98. The molecule has 0 amide bonds. The average Bonchev–Trinajstić information content (AvgIpc) is 2.99. The Morgan fingerprint density at radius 3 is 1.65 bits per heavy atom. The number of nitrogens with one attached hydrogen (secondary N) is 1. The molecule has 0 aromatic carbocycles. The fourth-order valence-electron chi connectivity index (χ4n) is 3.60. The molecule has 4 heteroatoms. The molecule has 0 unspecified atom stereocenters. The third-order valence-corrected chi connectivity index (χ3v) is 5.38. The average molecular weight is 366 g/mol. The van der Waals surface area contributed by atoms with Crippen LogP contribution < -0.4 is 4.57 Å². The number of carboxylic acid groups (broad SMARTS) is 1. The second-order valence-electron chi connectivity index (χ2n) is 7.68. The van der Waals surface area contributed by atoms with Gasteiger partial charge >= 0.3 is 5.97 Å². The van der Waals surface area contributed by atoms with Gasteiger partial charge in [-0.3, -0.25) is 0 Å². The largest absolute Gasteiger partial charge is 0.475 e. The molecule has 0 spiro atoms. The van der Waals surface area contributed by atoms with Gasteiger partial charge in [-0.2, -0.15) is 0 Å². The van der Waals surface area contributed by atoms with E-state index in [1.54, 1.807) is 10.8 Å². The van der Waals surface area contributed by atoms with E-state index in [2.05, 4.69) is 11.9 Å². The van der Waals surface area contributed by atoms with Crippen molar-refractivity contribution in [2.75, 3.05) is 0 Å². The van der Waals surface area contributed by atoms with Gasteiger partial charge in [-0.15, -0.1) is 0 Å². The predicted molar refractivity (Wildman–Crippen MR) is 108 cm³/mol. The molecule has 150 valence electrons. The van der Waals surface area contributed by atoms with Gasteiger partial charge in [0.05, 0.1) is 7.05 Å². The molecule has 1 heterocycles. The monoisotopic (exact) mass is 365 g/mol. The number of H-pyrrole nitrogens is 1. The number of carbonyl (C=O) groups is 1. The van der Waals surface area contributed by atoms with Crippen LogP contribution >= 0.6 is 0 Å². The van der Waals surface area contributed by atoms with Crippen LogP contribution in [-0.2, 0) is 13.5 Å². The summed E-state index contributed by atoms with van der Waals surface area (Å²) in [6.07, 6.45) is 23.0. The lowest BCUT2D eigenvalue weighted by atomic mass is 10.0. The van der Waals surface area contributed by atoms with Crippen LogP contribution in [0.4, 0.5) is 0 Å². The Balaban J connectivity index is 1.86. The van der Waals surface area contributed by atoms with Gasteiger partial charge < -0.3 is 5.11 Å². The number of imidazole rings is 1. The van der Waals surface area contributed by atoms with E-state index in [4.69, 9.17) is 5.11 Å². The van der Waals surface area contributed by atoms with E-state index in [-0.39, 0.29) is 0 Å². The lowest BCUT2D eigenvalue weighted by Gasteiger charge is -2.03. The second-order valence-corrected chi connectivity index (χ2v) is 7.68. The first kappa shape index (κ1) is 22.7. The highest BCUT2D eigenvalue weighted by atomic mass is 16.4. The number of aryl methyl sites for hydroxylation is 1. The number of aromatic nitrogens is 2. The fourth-order valence-corrected chi connectivity index (χ4v) is 3.60. The minimum atomic E-state index is -0.869. The van der Waals surface area contributed by atoms with Gasteiger partial charge in [-0.25, -0.2) is 14.3 Å². The van der Waals surface area contributed by atoms with Crippen LogP contribution in [0.2, 0.25) is 0 Å². The lowest BCUT2D eigenvalue weighted by Crippen LogP contribution is -2.37. The Kier molecular flexibility index (Phi) is 12.9. The van der Waals surface area contributed by atoms with Crippen molar-refractivity contribution in [3.8, 4) is 0 Å². The van der Waals surface area contributed by atoms with Crippen LogP contribution in [0.5, 0.6) is 0 Å². The molecule has 0 bridgehead atoms. The van der Waals surface area contributed by atoms with Gasteiger partial charge in [-0.05, 0) is 6.42 Å². The molecule has 0 aliphatic rings. The zero-order valence-corrected chi connectivity index (χ0v) is 17.2. The van der Waals surface area contributed by atoms with Gasteiger partial charge in [-0.1, -0.05) is 96.8 Å². The Morgan fingerprint density at radius 1 is 0.846 bits per heavy atom. The maximum Gasteiger partial charge on any atom is 0.379 e. The molecule has 0 atom stereocenters. The Morgan fingerprint density at radius 2 is 1.27 bits per heavy atom. The van der Waals surface area contributed by atoms with Crippen LogP contribution in [0.15, 0.2) is 6.20 Å². The van der Waals surface area contributed by atoms with E-state index in [0.717, 1.165) is 18.7 Å². The number of hydrogen-bond donors (Lipinski definition) is 2. The van der Waals surface area contributed by atoms with Crippen LogP contribution in [0, 0.1) is 0 Å². The highest BCUT2D eigenvalue weighted by Gasteiger charge is 2.19. The maximum atomic E-state index is 11.0. The van der Waals surface area contributed by atoms with E-state index >= 15 is 0 Å². The molecular weight excluding hydrogens is 324 g/mol. The zero-order valence-electron chi connectivity index (χ0n) is 17.2. The van der Waals surface area contributed by atoms with Crippen molar-refractivity contribution in [3.63, 3.8) is 0 Å². The number of unbranched alkanes of at least 4 members (excludes halogenated alkanes) is 14. The number of aromatic amines is 1. The third-order valence-electron chi connectivity index (χ3n) is 5.38. The quantitative estimate of drug-likeness (QED) is 0.265. The molecule has 1 rings (SSSR count). The topological polar surface area (TPSA) is 57.0 Å². The Hall–Kier alpha value is -1.32. The van der Waals surface area contributed by atoms with Crippen molar-refractivity contribution in [2.45, 2.75) is 110 Å². The SMILES string of the molecule is CCCCCCCCCCCCCCCCCc1[nH]cc(C(=O)O)[n+]1C. The zero-order chi connectivity index (χ0) is 19.0. The molecule has 0 saturated heterocycles. The van der Waals surface area contributed by atoms with E-state index < -0.39 is 5.97 Å². The first-order chi connectivity index (χ1) is 12.7. The van der Waals surface area contributed by atoms with Crippen molar-refractivity contribution >= 4 is 5.97 Å². The van der Waals surface area contributed by atoms with Crippen LogP contribution in [0.3, 0.4) is 0 Å². The molecule has 1 aromatic rings. The number of carboxylic acids is 1. The highest BCUT2D eigenvalue weighted by molar-refractivity contribution is 5.83. The summed E-state index contributed by atoms with van der Waals surface area (Å²) in [5.74, 6) is 0.142. The summed E-state index contributed by atoms with van der Waals surface area (Å²) in [4.78, 5) is 14.1. The molecule has 0 fully saturated rings. The van der Waals surface area contributed by atoms with Crippen molar-refractivity contribution in [1.29, 1.82) is 0 Å². The number of hydrogen-bond acceptors (Lipinski definition) is 1. The maximum absolute atomic E-state index is 11.0. The summed E-state index contributed by atoms with van der Waals surface area (Å²) in [7, 11) is 1.82. The fraction of sp³-hybridized carbons (Fsp3) is 0.818. The molecule has 0 radical (unpaired) electrons. The number of rotatable bonds is 17. The van der Waals surface area contributed by atoms with Crippen molar-refractivity contribution in [2.24, 2.45) is 7.05 Å². The molecule has 0 saturated carbocycles. The molecule has 4 nitrogen and oxygen atoms in total. The van der Waals surface area contributed by atoms with E-state index in [0.29, 0.717) is 5.69 Å². The standard InChI is InChI=1S/C22H40N2O2/c1-3-4-5-6-7-8-9-10-11-12-13-14-15-16-17-18-21-23-19-20(22(25)26)24(21)2/h19H,3-18H2,1-2H3,(H,25,26)/p+1. The van der Waals surface area contributed by atoms with E-state index in [1.165, 1.54) is 89.9 Å². The summed E-state index contributed by atoms with van der Waals surface area (Å²) in [5, 5.41) is 9.04. The number of aromatic carboxylic acids is 1. The summed E-state index contributed by atoms with van der Waals surface area (Å²) in [6, 6.07) is 0. The second kappa shape index (κ2) is 14.8. The molecule has 0 aliphatic carbocycles. The van der Waals surface area contributed by atoms with Crippen LogP contribution in [-0.4, -0.2) is 16.1 Å². The molecule has 2 N–H and O–H groups in total. The Bertz CT molecular complexity index is 482. The summed E-state index contributed by atoms with van der Waals surface area (Å²) in [6.45, 7) is 2.28. The summed E-state index contributed by atoms with van der Waals surface area (Å²) in [5.41, 5.74) is 0.334. The van der Waals surface area contributed by atoms with Crippen LogP contribution in [0.1, 0.15) is 120 Å². The molecule has 0 aliphatic heterocycles. The summed E-state index contributed by atoms with van der Waals surface area (Å²) >= 11 is 0.